The second kappa shape index (κ2) is 7.04. The number of hydrogen-bond donors (Lipinski definition) is 1. The molecule has 1 saturated heterocycles. The van der Waals surface area contributed by atoms with Gasteiger partial charge in [0.2, 0.25) is 0 Å². The third-order valence-corrected chi connectivity index (χ3v) is 5.11. The molecule has 1 N–H and O–H groups in total. The number of rotatable bonds is 3. The number of aryl methyl sites for hydroxylation is 1. The normalized spacial score (nSPS) is 15.4. The lowest BCUT2D eigenvalue weighted by atomic mass is 10.1. The van der Waals surface area contributed by atoms with Crippen molar-refractivity contribution in [1.29, 1.82) is 0 Å². The zero-order chi connectivity index (χ0) is 19.0. The van der Waals surface area contributed by atoms with E-state index in [2.05, 4.69) is 4.90 Å². The van der Waals surface area contributed by atoms with Crippen molar-refractivity contribution >= 4 is 16.7 Å². The number of piperazine rings is 1. The van der Waals surface area contributed by atoms with Crippen LogP contribution in [0.5, 0.6) is 5.75 Å². The van der Waals surface area contributed by atoms with Gasteiger partial charge in [0.15, 0.2) is 0 Å². The van der Waals surface area contributed by atoms with E-state index in [0.29, 0.717) is 36.5 Å². The summed E-state index contributed by atoms with van der Waals surface area (Å²) in [7, 11) is 0. The van der Waals surface area contributed by atoms with Crippen molar-refractivity contribution in [3.05, 3.63) is 69.8 Å². The van der Waals surface area contributed by atoms with Gasteiger partial charge < -0.3 is 14.4 Å². The highest BCUT2D eigenvalue weighted by Gasteiger charge is 2.20. The van der Waals surface area contributed by atoms with Gasteiger partial charge >= 0.3 is 5.63 Å². The zero-order valence-electron chi connectivity index (χ0n) is 15.1. The maximum atomic E-state index is 14.0. The first kappa shape index (κ1) is 17.5. The van der Waals surface area contributed by atoms with Crippen LogP contribution in [-0.4, -0.2) is 36.2 Å². The number of fused-ring (bicyclic) bond motifs is 1. The number of para-hydroxylation sites is 1. The van der Waals surface area contributed by atoms with Crippen LogP contribution >= 0.6 is 0 Å². The van der Waals surface area contributed by atoms with Gasteiger partial charge in [-0.15, -0.1) is 0 Å². The average Bonchev–Trinajstić information content (AvgIpc) is 2.64. The standard InChI is InChI=1S/C21H21FN2O3/c1-14-10-20-16(12-19(14)25)15(11-21(26)27-20)13-23-6-8-24(9-7-23)18-5-3-2-4-17(18)22/h2-5,10-12,25H,6-9,13H2,1H3. The Morgan fingerprint density at radius 3 is 2.59 bits per heavy atom. The van der Waals surface area contributed by atoms with Gasteiger partial charge in [-0.2, -0.15) is 0 Å². The maximum absolute atomic E-state index is 14.0. The van der Waals surface area contributed by atoms with E-state index in [1.807, 2.05) is 11.0 Å². The topological polar surface area (TPSA) is 56.9 Å². The number of aromatic hydroxyl groups is 1. The fourth-order valence-electron chi connectivity index (χ4n) is 3.59. The predicted octanol–water partition coefficient (Wildman–Crippen LogP) is 3.27. The quantitative estimate of drug-likeness (QED) is 0.719. The molecule has 5 nitrogen and oxygen atoms in total. The molecular formula is C21H21FN2O3. The van der Waals surface area contributed by atoms with Crippen molar-refractivity contribution < 1.29 is 13.9 Å². The summed E-state index contributed by atoms with van der Waals surface area (Å²) in [6.45, 7) is 5.29. The Hall–Kier alpha value is -2.86. The minimum Gasteiger partial charge on any atom is -0.508 e. The minimum absolute atomic E-state index is 0.182. The van der Waals surface area contributed by atoms with Crippen molar-refractivity contribution in [2.24, 2.45) is 0 Å². The first-order chi connectivity index (χ1) is 13.0. The highest BCUT2D eigenvalue weighted by molar-refractivity contribution is 5.82. The van der Waals surface area contributed by atoms with Crippen LogP contribution in [0.15, 0.2) is 51.7 Å². The Balaban J connectivity index is 1.53. The summed E-state index contributed by atoms with van der Waals surface area (Å²) >= 11 is 0. The summed E-state index contributed by atoms with van der Waals surface area (Å²) in [5.41, 5.74) is 2.21. The first-order valence-electron chi connectivity index (χ1n) is 8.99. The van der Waals surface area contributed by atoms with E-state index < -0.39 is 5.63 Å². The van der Waals surface area contributed by atoms with Crippen LogP contribution in [0.25, 0.3) is 11.0 Å². The van der Waals surface area contributed by atoms with Crippen molar-refractivity contribution in [2.75, 3.05) is 31.1 Å². The molecule has 0 spiro atoms. The average molecular weight is 368 g/mol. The van der Waals surface area contributed by atoms with Crippen molar-refractivity contribution in [3.8, 4) is 5.75 Å². The molecule has 0 saturated carbocycles. The summed E-state index contributed by atoms with van der Waals surface area (Å²) < 4.78 is 19.3. The Morgan fingerprint density at radius 2 is 1.85 bits per heavy atom. The molecule has 4 rings (SSSR count). The molecule has 3 aromatic rings. The first-order valence-corrected chi connectivity index (χ1v) is 8.99. The van der Waals surface area contributed by atoms with E-state index in [-0.39, 0.29) is 11.6 Å². The molecule has 1 aliphatic heterocycles. The summed E-state index contributed by atoms with van der Waals surface area (Å²) in [5, 5.41) is 10.8. The number of nitrogens with zero attached hydrogens (tertiary/aromatic N) is 2. The molecule has 1 aromatic heterocycles. The molecule has 27 heavy (non-hydrogen) atoms. The van der Waals surface area contributed by atoms with E-state index in [4.69, 9.17) is 4.42 Å². The molecule has 0 aliphatic carbocycles. The SMILES string of the molecule is Cc1cc2oc(=O)cc(CN3CCN(c4ccccc4F)CC3)c2cc1O. The van der Waals surface area contributed by atoms with Crippen LogP contribution in [0.2, 0.25) is 0 Å². The monoisotopic (exact) mass is 368 g/mol. The fraction of sp³-hybridized carbons (Fsp3) is 0.286. The second-order valence-corrected chi connectivity index (χ2v) is 6.94. The number of benzene rings is 2. The lowest BCUT2D eigenvalue weighted by molar-refractivity contribution is 0.249. The second-order valence-electron chi connectivity index (χ2n) is 6.94. The molecule has 140 valence electrons. The van der Waals surface area contributed by atoms with E-state index >= 15 is 0 Å². The summed E-state index contributed by atoms with van der Waals surface area (Å²) in [5.74, 6) is -0.0228. The third kappa shape index (κ3) is 3.53. The van der Waals surface area contributed by atoms with Crippen molar-refractivity contribution in [3.63, 3.8) is 0 Å². The van der Waals surface area contributed by atoms with Crippen LogP contribution in [0.4, 0.5) is 10.1 Å². The van der Waals surface area contributed by atoms with Gasteiger partial charge in [0.25, 0.3) is 0 Å². The molecule has 1 fully saturated rings. The fourth-order valence-corrected chi connectivity index (χ4v) is 3.59. The minimum atomic E-state index is -0.396. The maximum Gasteiger partial charge on any atom is 0.336 e. The van der Waals surface area contributed by atoms with Gasteiger partial charge in [-0.25, -0.2) is 9.18 Å². The number of phenolic OH excluding ortho intramolecular Hbond substituents is 1. The highest BCUT2D eigenvalue weighted by atomic mass is 19.1. The van der Waals surface area contributed by atoms with Gasteiger partial charge in [-0.05, 0) is 42.3 Å². The van der Waals surface area contributed by atoms with Gasteiger partial charge in [0, 0.05) is 44.2 Å². The molecule has 1 aliphatic rings. The summed E-state index contributed by atoms with van der Waals surface area (Å²) in [6.07, 6.45) is 0. The van der Waals surface area contributed by atoms with Crippen molar-refractivity contribution in [2.45, 2.75) is 13.5 Å². The molecule has 0 radical (unpaired) electrons. The smallest absolute Gasteiger partial charge is 0.336 e. The van der Waals surface area contributed by atoms with Crippen LogP contribution in [0.1, 0.15) is 11.1 Å². The number of phenols is 1. The molecule has 0 unspecified atom stereocenters. The molecule has 0 atom stereocenters. The van der Waals surface area contributed by atoms with Crippen LogP contribution in [-0.2, 0) is 6.54 Å². The number of hydrogen-bond acceptors (Lipinski definition) is 5. The number of halogens is 1. The zero-order valence-corrected chi connectivity index (χ0v) is 15.1. The highest BCUT2D eigenvalue weighted by Crippen LogP contribution is 2.27. The molecule has 0 bridgehead atoms. The summed E-state index contributed by atoms with van der Waals surface area (Å²) in [6, 6.07) is 11.6. The van der Waals surface area contributed by atoms with Gasteiger partial charge in [0.05, 0.1) is 5.69 Å². The third-order valence-electron chi connectivity index (χ3n) is 5.11. The predicted molar refractivity (Wildman–Crippen MR) is 103 cm³/mol. The van der Waals surface area contributed by atoms with Crippen molar-refractivity contribution in [1.82, 2.24) is 4.90 Å². The Kier molecular flexibility index (Phi) is 4.58. The van der Waals surface area contributed by atoms with Gasteiger partial charge in [-0.3, -0.25) is 4.90 Å². The van der Waals surface area contributed by atoms with E-state index in [9.17, 15) is 14.3 Å². The lowest BCUT2D eigenvalue weighted by Gasteiger charge is -2.36. The lowest BCUT2D eigenvalue weighted by Crippen LogP contribution is -2.46. The number of anilines is 1. The molecule has 0 amide bonds. The molecule has 6 heteroatoms. The van der Waals surface area contributed by atoms with E-state index in [1.54, 1.807) is 31.2 Å². The molecular weight excluding hydrogens is 347 g/mol. The van der Waals surface area contributed by atoms with Crippen LogP contribution in [0, 0.1) is 12.7 Å². The largest absolute Gasteiger partial charge is 0.508 e. The Morgan fingerprint density at radius 1 is 1.11 bits per heavy atom. The Labute approximate surface area is 156 Å². The summed E-state index contributed by atoms with van der Waals surface area (Å²) in [4.78, 5) is 16.2. The molecule has 2 aromatic carbocycles. The van der Waals surface area contributed by atoms with Crippen LogP contribution in [0.3, 0.4) is 0 Å². The van der Waals surface area contributed by atoms with Gasteiger partial charge in [-0.1, -0.05) is 12.1 Å². The van der Waals surface area contributed by atoms with Gasteiger partial charge in [0.1, 0.15) is 17.1 Å². The Bertz CT molecular complexity index is 1040. The van der Waals surface area contributed by atoms with Crippen LogP contribution < -0.4 is 10.5 Å². The van der Waals surface area contributed by atoms with E-state index in [1.165, 1.54) is 12.1 Å². The van der Waals surface area contributed by atoms with E-state index in [0.717, 1.165) is 24.0 Å². The molecule has 2 heterocycles.